The fraction of sp³-hybridized carbons (Fsp3) is 0.526. The van der Waals surface area contributed by atoms with Crippen molar-refractivity contribution < 1.29 is 53.1 Å². The number of cyclic esters (lactones) is 1. The number of benzene rings is 1. The quantitative estimate of drug-likeness (QED) is 0.168. The van der Waals surface area contributed by atoms with Crippen LogP contribution in [0, 0.1) is 41.4 Å². The molecule has 1 aromatic heterocycles. The molecule has 2 saturated carbocycles. The monoisotopic (exact) mass is 691 g/mol. The first-order chi connectivity index (χ1) is 23.9. The van der Waals surface area contributed by atoms with Crippen LogP contribution in [0.4, 0.5) is 0 Å². The molecule has 3 aliphatic carbocycles. The highest BCUT2D eigenvalue weighted by Crippen LogP contribution is 2.66. The van der Waals surface area contributed by atoms with Crippen molar-refractivity contribution in [2.24, 2.45) is 41.4 Å². The van der Waals surface area contributed by atoms with Gasteiger partial charge in [-0.25, -0.2) is 19.2 Å². The molecule has 0 radical (unpaired) electrons. The second-order valence-electron chi connectivity index (χ2n) is 14.1. The smallest absolute Gasteiger partial charge is 0.417 e. The SMILES string of the molecule is CO[C@H]1C[C@H]2C=CC3C(C4[C@H]3[C@H](OC(=O)c3ccc[nH]3)[C@H](C)[C@H]4O)[C@]2(O)/C(C)=C/[C@@H](C)[C@@H]([C@@H](C)OC(=O)C(=O)OCc2ccccc2)OC1=O. The molecule has 12 nitrogen and oxygen atoms in total. The molecule has 2 heterocycles. The highest BCUT2D eigenvalue weighted by atomic mass is 16.6. The minimum atomic E-state index is -1.51. The second kappa shape index (κ2) is 14.2. The lowest BCUT2D eigenvalue weighted by molar-refractivity contribution is -0.190. The number of esters is 4. The molecule has 0 bridgehead atoms. The Balaban J connectivity index is 1.24. The number of aliphatic hydroxyl groups excluding tert-OH is 1. The molecule has 50 heavy (non-hydrogen) atoms. The Morgan fingerprint density at radius 2 is 1.80 bits per heavy atom. The zero-order valence-electron chi connectivity index (χ0n) is 28.8. The first kappa shape index (κ1) is 35.6. The van der Waals surface area contributed by atoms with Gasteiger partial charge in [-0.15, -0.1) is 0 Å². The maximum atomic E-state index is 13.5. The topological polar surface area (TPSA) is 171 Å². The number of ether oxygens (including phenoxy) is 5. The van der Waals surface area contributed by atoms with Crippen molar-refractivity contribution in [1.82, 2.24) is 4.98 Å². The van der Waals surface area contributed by atoms with E-state index in [0.717, 1.165) is 0 Å². The number of H-pyrrole nitrogens is 1. The lowest BCUT2D eigenvalue weighted by atomic mass is 9.46. The summed E-state index contributed by atoms with van der Waals surface area (Å²) in [4.78, 5) is 54.6. The number of aromatic nitrogens is 1. The molecule has 2 fully saturated rings. The van der Waals surface area contributed by atoms with Crippen molar-refractivity contribution in [2.45, 2.75) is 76.8 Å². The van der Waals surface area contributed by atoms with Gasteiger partial charge in [-0.2, -0.15) is 0 Å². The number of allylic oxidation sites excluding steroid dienone is 1. The molecule has 1 aliphatic heterocycles. The maximum Gasteiger partial charge on any atom is 0.417 e. The Hall–Kier alpha value is -4.26. The third-order valence-corrected chi connectivity index (χ3v) is 11.3. The number of hydrogen-bond acceptors (Lipinski definition) is 11. The molecule has 0 amide bonds. The van der Waals surface area contributed by atoms with E-state index in [0.29, 0.717) is 16.8 Å². The lowest BCUT2D eigenvalue weighted by Gasteiger charge is -2.61. The number of carbonyl (C=O) groups excluding carboxylic acids is 4. The summed E-state index contributed by atoms with van der Waals surface area (Å²) in [6.45, 7) is 6.83. The van der Waals surface area contributed by atoms with Gasteiger partial charge in [-0.1, -0.05) is 62.4 Å². The second-order valence-corrected chi connectivity index (χ2v) is 14.1. The minimum absolute atomic E-state index is 0.0755. The number of nitrogens with one attached hydrogen (secondary N) is 1. The van der Waals surface area contributed by atoms with E-state index in [1.54, 1.807) is 62.5 Å². The minimum Gasteiger partial charge on any atom is -0.457 e. The van der Waals surface area contributed by atoms with Crippen molar-refractivity contribution in [2.75, 3.05) is 7.11 Å². The van der Waals surface area contributed by atoms with E-state index in [1.807, 2.05) is 25.1 Å². The van der Waals surface area contributed by atoms with Gasteiger partial charge < -0.3 is 38.9 Å². The Kier molecular flexibility index (Phi) is 10.1. The van der Waals surface area contributed by atoms with Crippen molar-refractivity contribution in [1.29, 1.82) is 0 Å². The van der Waals surface area contributed by atoms with Crippen LogP contribution in [0.5, 0.6) is 0 Å². The van der Waals surface area contributed by atoms with E-state index in [9.17, 15) is 29.4 Å². The molecule has 13 atom stereocenters. The third-order valence-electron chi connectivity index (χ3n) is 11.3. The molecule has 0 spiro atoms. The van der Waals surface area contributed by atoms with Crippen LogP contribution in [-0.4, -0.2) is 82.3 Å². The van der Waals surface area contributed by atoms with E-state index in [-0.39, 0.29) is 36.7 Å². The van der Waals surface area contributed by atoms with Crippen LogP contribution in [0.25, 0.3) is 0 Å². The van der Waals surface area contributed by atoms with E-state index in [4.69, 9.17) is 23.7 Å². The average molecular weight is 692 g/mol. The number of hydrogen-bond donors (Lipinski definition) is 3. The molecule has 2 aromatic rings. The van der Waals surface area contributed by atoms with Gasteiger partial charge in [-0.3, -0.25) is 0 Å². The lowest BCUT2D eigenvalue weighted by Crippen LogP contribution is -2.65. The van der Waals surface area contributed by atoms with Crippen LogP contribution in [0.15, 0.2) is 72.5 Å². The highest BCUT2D eigenvalue weighted by molar-refractivity contribution is 6.29. The fourth-order valence-corrected chi connectivity index (χ4v) is 8.80. The van der Waals surface area contributed by atoms with Gasteiger partial charge in [0.2, 0.25) is 0 Å². The molecule has 3 N–H and O–H groups in total. The number of fused-ring (bicyclic) bond motifs is 6. The number of aliphatic hydroxyl groups is 2. The van der Waals surface area contributed by atoms with Crippen molar-refractivity contribution in [3.63, 3.8) is 0 Å². The summed E-state index contributed by atoms with van der Waals surface area (Å²) in [6, 6.07) is 12.2. The van der Waals surface area contributed by atoms with Gasteiger partial charge in [-0.05, 0) is 55.4 Å². The summed E-state index contributed by atoms with van der Waals surface area (Å²) >= 11 is 0. The van der Waals surface area contributed by atoms with Crippen LogP contribution in [-0.2, 0) is 44.7 Å². The van der Waals surface area contributed by atoms with E-state index in [1.165, 1.54) is 14.0 Å². The van der Waals surface area contributed by atoms with Crippen molar-refractivity contribution in [3.05, 3.63) is 83.7 Å². The predicted molar refractivity (Wildman–Crippen MR) is 177 cm³/mol. The average Bonchev–Trinajstić information content (AvgIpc) is 3.70. The Labute approximate surface area is 290 Å². The zero-order valence-corrected chi connectivity index (χ0v) is 28.8. The van der Waals surface area contributed by atoms with Crippen LogP contribution < -0.4 is 0 Å². The summed E-state index contributed by atoms with van der Waals surface area (Å²) in [5.41, 5.74) is 0.107. The van der Waals surface area contributed by atoms with Crippen molar-refractivity contribution in [3.8, 4) is 0 Å². The van der Waals surface area contributed by atoms with Crippen LogP contribution in [0.1, 0.15) is 50.2 Å². The van der Waals surface area contributed by atoms with Crippen LogP contribution >= 0.6 is 0 Å². The maximum absolute atomic E-state index is 13.5. The molecular weight excluding hydrogens is 646 g/mol. The first-order valence-electron chi connectivity index (χ1n) is 17.1. The largest absolute Gasteiger partial charge is 0.457 e. The van der Waals surface area contributed by atoms with Gasteiger partial charge in [0.15, 0.2) is 6.10 Å². The standard InChI is InChI=1S/C38H45NO11/c1-19-16-20(2)38(45)24(13-14-25-28-29(30(25)38)31(40)21(3)33(28)50-34(41)26-12-9-15-39-26)17-27(46-5)35(42)49-32(19)22(4)48-37(44)36(43)47-18-23-10-7-6-8-11-23/h6-16,19,21-22,24-25,27-33,39-40,45H,17-18H2,1-5H3/b20-16+/t19-,21-,22-,24-,25?,27+,28+,29?,30?,31-,32+,33-,38+/m1/s1. The van der Waals surface area contributed by atoms with E-state index in [2.05, 4.69) is 4.98 Å². The van der Waals surface area contributed by atoms with Gasteiger partial charge in [0.05, 0.1) is 11.7 Å². The molecule has 3 unspecified atom stereocenters. The normalized spacial score (nSPS) is 37.7. The molecule has 0 saturated heterocycles. The number of methoxy groups -OCH3 is 1. The summed E-state index contributed by atoms with van der Waals surface area (Å²) < 4.78 is 28.0. The number of aromatic amines is 1. The molecule has 6 rings (SSSR count). The Bertz CT molecular complexity index is 1640. The first-order valence-corrected chi connectivity index (χ1v) is 17.1. The predicted octanol–water partition coefficient (Wildman–Crippen LogP) is 3.53. The molecular formula is C38H45NO11. The van der Waals surface area contributed by atoms with Crippen LogP contribution in [0.2, 0.25) is 0 Å². The highest BCUT2D eigenvalue weighted by Gasteiger charge is 2.71. The van der Waals surface area contributed by atoms with Crippen molar-refractivity contribution >= 4 is 23.9 Å². The summed E-state index contributed by atoms with van der Waals surface area (Å²) in [6.07, 6.45) is 2.80. The molecule has 1 aromatic carbocycles. The summed E-state index contributed by atoms with van der Waals surface area (Å²) in [5, 5.41) is 24.4. The molecule has 4 aliphatic rings. The zero-order chi connectivity index (χ0) is 35.9. The van der Waals surface area contributed by atoms with Gasteiger partial charge in [0.1, 0.15) is 30.6 Å². The van der Waals surface area contributed by atoms with Gasteiger partial charge in [0, 0.05) is 42.9 Å². The summed E-state index contributed by atoms with van der Waals surface area (Å²) in [5.74, 6) is -6.43. The van der Waals surface area contributed by atoms with E-state index < -0.39 is 77.8 Å². The fourth-order valence-electron chi connectivity index (χ4n) is 8.80. The van der Waals surface area contributed by atoms with E-state index >= 15 is 0 Å². The number of carbonyl (C=O) groups is 4. The Morgan fingerprint density at radius 3 is 2.48 bits per heavy atom. The third kappa shape index (κ3) is 6.29. The molecule has 268 valence electrons. The summed E-state index contributed by atoms with van der Waals surface area (Å²) in [7, 11) is 1.38. The molecule has 12 heteroatoms. The van der Waals surface area contributed by atoms with Gasteiger partial charge in [0.25, 0.3) is 0 Å². The van der Waals surface area contributed by atoms with Gasteiger partial charge >= 0.3 is 23.9 Å². The number of rotatable bonds is 7. The Morgan fingerprint density at radius 1 is 1.06 bits per heavy atom. The van der Waals surface area contributed by atoms with Crippen LogP contribution in [0.3, 0.4) is 0 Å².